The predicted octanol–water partition coefficient (Wildman–Crippen LogP) is 4.79. The van der Waals surface area contributed by atoms with Crippen LogP contribution in [0.5, 0.6) is 0 Å². The molecule has 2 fully saturated rings. The molecule has 1 aliphatic carbocycles. The fraction of sp³-hybridized carbons (Fsp3) is 0.750. The van der Waals surface area contributed by atoms with E-state index in [9.17, 15) is 0 Å². The number of ether oxygens (including phenoxy) is 1. The van der Waals surface area contributed by atoms with E-state index < -0.39 is 0 Å². The molecule has 0 amide bonds. The lowest BCUT2D eigenvalue weighted by molar-refractivity contribution is -0.0979. The van der Waals surface area contributed by atoms with Gasteiger partial charge in [0.05, 0.1) is 10.6 Å². The first-order valence-electron chi connectivity index (χ1n) is 7.84. The van der Waals surface area contributed by atoms with Gasteiger partial charge in [-0.2, -0.15) is 0 Å². The molecule has 2 nitrogen and oxygen atoms in total. The van der Waals surface area contributed by atoms with Gasteiger partial charge in [-0.05, 0) is 49.6 Å². The Kier molecular flexibility index (Phi) is 4.71. The van der Waals surface area contributed by atoms with Gasteiger partial charge in [-0.3, -0.25) is 0 Å². The Balaban J connectivity index is 1.79. The van der Waals surface area contributed by atoms with Crippen molar-refractivity contribution < 1.29 is 4.74 Å². The molecule has 1 aromatic rings. The Bertz CT molecular complexity index is 441. The second kappa shape index (κ2) is 6.35. The maximum Gasteiger partial charge on any atom is 0.0686 e. The summed E-state index contributed by atoms with van der Waals surface area (Å²) < 4.78 is 6.18. The van der Waals surface area contributed by atoms with Gasteiger partial charge in [0, 0.05) is 17.5 Å². The number of rotatable bonds is 4. The summed E-state index contributed by atoms with van der Waals surface area (Å²) in [5.41, 5.74) is 0.181. The molecule has 2 aliphatic rings. The third-order valence-corrected chi connectivity index (χ3v) is 6.31. The Hall–Kier alpha value is -0.0900. The standard InChI is InChI=1S/C16H24ClNOS/c1-2-18-14(15-13(17)6-10-20-15)12-5-9-19-16(11-12)7-3-4-8-16/h6,10,12,14,18H,2-5,7-9,11H2,1H3. The minimum Gasteiger partial charge on any atom is -0.375 e. The van der Waals surface area contributed by atoms with E-state index in [2.05, 4.69) is 17.6 Å². The highest BCUT2D eigenvalue weighted by Crippen LogP contribution is 2.46. The van der Waals surface area contributed by atoms with Crippen LogP contribution in [0.4, 0.5) is 0 Å². The molecule has 1 saturated carbocycles. The average Bonchev–Trinajstić information content (AvgIpc) is 3.06. The van der Waals surface area contributed by atoms with Crippen molar-refractivity contribution >= 4 is 22.9 Å². The van der Waals surface area contributed by atoms with E-state index in [1.165, 1.54) is 37.0 Å². The van der Waals surface area contributed by atoms with Gasteiger partial charge in [0.25, 0.3) is 0 Å². The first-order valence-corrected chi connectivity index (χ1v) is 9.10. The molecular formula is C16H24ClNOS. The fourth-order valence-corrected chi connectivity index (χ4v) is 5.28. The number of hydrogen-bond acceptors (Lipinski definition) is 3. The number of hydrogen-bond donors (Lipinski definition) is 1. The number of halogens is 1. The zero-order valence-electron chi connectivity index (χ0n) is 12.2. The molecule has 0 radical (unpaired) electrons. The minimum absolute atomic E-state index is 0.181. The maximum atomic E-state index is 6.38. The van der Waals surface area contributed by atoms with Crippen LogP contribution in [0.3, 0.4) is 0 Å². The van der Waals surface area contributed by atoms with Gasteiger partial charge in [-0.1, -0.05) is 31.4 Å². The molecule has 1 spiro atoms. The van der Waals surface area contributed by atoms with E-state index in [1.807, 2.05) is 6.07 Å². The Morgan fingerprint density at radius 3 is 2.95 bits per heavy atom. The number of nitrogens with one attached hydrogen (secondary N) is 1. The second-order valence-electron chi connectivity index (χ2n) is 6.16. The smallest absolute Gasteiger partial charge is 0.0686 e. The zero-order valence-corrected chi connectivity index (χ0v) is 13.7. The van der Waals surface area contributed by atoms with Crippen molar-refractivity contribution in [2.24, 2.45) is 5.92 Å². The first kappa shape index (κ1) is 14.8. The second-order valence-corrected chi connectivity index (χ2v) is 7.51. The van der Waals surface area contributed by atoms with E-state index >= 15 is 0 Å². The monoisotopic (exact) mass is 313 g/mol. The van der Waals surface area contributed by atoms with Gasteiger partial charge in [0.2, 0.25) is 0 Å². The van der Waals surface area contributed by atoms with Gasteiger partial charge < -0.3 is 10.1 Å². The van der Waals surface area contributed by atoms with Crippen molar-refractivity contribution in [2.45, 2.75) is 57.1 Å². The Labute approximate surface area is 130 Å². The summed E-state index contributed by atoms with van der Waals surface area (Å²) in [5.74, 6) is 0.651. The highest BCUT2D eigenvalue weighted by atomic mass is 35.5. The van der Waals surface area contributed by atoms with Crippen LogP contribution >= 0.6 is 22.9 Å². The lowest BCUT2D eigenvalue weighted by Crippen LogP contribution is -2.41. The first-order chi connectivity index (χ1) is 9.74. The lowest BCUT2D eigenvalue weighted by Gasteiger charge is -2.41. The normalized spacial score (nSPS) is 27.0. The predicted molar refractivity (Wildman–Crippen MR) is 85.6 cm³/mol. The van der Waals surface area contributed by atoms with Crippen molar-refractivity contribution in [1.29, 1.82) is 0 Å². The van der Waals surface area contributed by atoms with Crippen LogP contribution in [0.15, 0.2) is 11.4 Å². The summed E-state index contributed by atoms with van der Waals surface area (Å²) in [4.78, 5) is 1.31. The molecule has 2 unspecified atom stereocenters. The van der Waals surface area contributed by atoms with E-state index in [0.717, 1.165) is 24.6 Å². The molecule has 1 saturated heterocycles. The molecule has 1 N–H and O–H groups in total. The van der Waals surface area contributed by atoms with Crippen LogP contribution in [0.25, 0.3) is 0 Å². The summed E-state index contributed by atoms with van der Waals surface area (Å²) >= 11 is 8.17. The number of thiophene rings is 1. The van der Waals surface area contributed by atoms with Crippen molar-refractivity contribution in [1.82, 2.24) is 5.32 Å². The molecule has 0 aromatic carbocycles. The van der Waals surface area contributed by atoms with Crippen molar-refractivity contribution in [3.05, 3.63) is 21.3 Å². The largest absolute Gasteiger partial charge is 0.375 e. The average molecular weight is 314 g/mol. The molecule has 2 heterocycles. The molecule has 1 aliphatic heterocycles. The summed E-state index contributed by atoms with van der Waals surface area (Å²) in [6, 6.07) is 2.42. The lowest BCUT2D eigenvalue weighted by atomic mass is 9.80. The summed E-state index contributed by atoms with van der Waals surface area (Å²) in [5, 5.41) is 6.70. The van der Waals surface area contributed by atoms with Crippen molar-refractivity contribution in [3.8, 4) is 0 Å². The molecule has 4 heteroatoms. The molecule has 2 atom stereocenters. The topological polar surface area (TPSA) is 21.3 Å². The van der Waals surface area contributed by atoms with E-state index in [1.54, 1.807) is 11.3 Å². The van der Waals surface area contributed by atoms with Crippen LogP contribution in [-0.2, 0) is 4.74 Å². The van der Waals surface area contributed by atoms with Gasteiger partial charge in [0.15, 0.2) is 0 Å². The van der Waals surface area contributed by atoms with Crippen molar-refractivity contribution in [2.75, 3.05) is 13.2 Å². The summed E-state index contributed by atoms with van der Waals surface area (Å²) in [6.07, 6.45) is 7.50. The molecule has 0 bridgehead atoms. The van der Waals surface area contributed by atoms with Crippen LogP contribution in [0, 0.1) is 5.92 Å². The molecule has 1 aromatic heterocycles. The Morgan fingerprint density at radius 1 is 1.50 bits per heavy atom. The van der Waals surface area contributed by atoms with E-state index in [4.69, 9.17) is 16.3 Å². The highest BCUT2D eigenvalue weighted by molar-refractivity contribution is 7.10. The molecular weight excluding hydrogens is 290 g/mol. The molecule has 20 heavy (non-hydrogen) atoms. The third kappa shape index (κ3) is 2.92. The minimum atomic E-state index is 0.181. The molecule has 112 valence electrons. The maximum absolute atomic E-state index is 6.38. The van der Waals surface area contributed by atoms with Gasteiger partial charge in [-0.25, -0.2) is 0 Å². The van der Waals surface area contributed by atoms with Crippen LogP contribution in [0.2, 0.25) is 5.02 Å². The third-order valence-electron chi connectivity index (χ3n) is 4.87. The van der Waals surface area contributed by atoms with Gasteiger partial charge >= 0.3 is 0 Å². The van der Waals surface area contributed by atoms with Gasteiger partial charge in [0.1, 0.15) is 0 Å². The summed E-state index contributed by atoms with van der Waals surface area (Å²) in [6.45, 7) is 4.08. The van der Waals surface area contributed by atoms with Crippen LogP contribution in [-0.4, -0.2) is 18.8 Å². The summed E-state index contributed by atoms with van der Waals surface area (Å²) in [7, 11) is 0. The highest BCUT2D eigenvalue weighted by Gasteiger charge is 2.42. The quantitative estimate of drug-likeness (QED) is 0.862. The van der Waals surface area contributed by atoms with E-state index in [-0.39, 0.29) is 5.60 Å². The van der Waals surface area contributed by atoms with Crippen LogP contribution < -0.4 is 5.32 Å². The van der Waals surface area contributed by atoms with Gasteiger partial charge in [-0.15, -0.1) is 11.3 Å². The fourth-order valence-electron chi connectivity index (χ4n) is 3.94. The molecule has 3 rings (SSSR count). The SMILES string of the molecule is CCNC(c1sccc1Cl)C1CCOC2(CCCC2)C1. The zero-order chi connectivity index (χ0) is 14.0. The van der Waals surface area contributed by atoms with Crippen LogP contribution in [0.1, 0.15) is 56.4 Å². The Morgan fingerprint density at radius 2 is 2.30 bits per heavy atom. The van der Waals surface area contributed by atoms with Crippen molar-refractivity contribution in [3.63, 3.8) is 0 Å². The van der Waals surface area contributed by atoms with E-state index in [0.29, 0.717) is 12.0 Å².